The molecule has 0 aromatic carbocycles. The zero-order valence-corrected chi connectivity index (χ0v) is 28.0. The zero-order chi connectivity index (χ0) is 28.6. The Kier molecular flexibility index (Phi) is 113. The van der Waals surface area contributed by atoms with Crippen LogP contribution < -0.4 is 40.9 Å². The molecule has 0 aromatic heterocycles. The first-order valence-electron chi connectivity index (χ1n) is 11.1. The second-order valence-electron chi connectivity index (χ2n) is 8.39. The maximum atomic E-state index is 9.53. The predicted octanol–water partition coefficient (Wildman–Crippen LogP) is -1.96. The average Bonchev–Trinajstić information content (AvgIpc) is 2.30. The van der Waals surface area contributed by atoms with Crippen molar-refractivity contribution in [2.24, 2.45) is 0 Å². The van der Waals surface area contributed by atoms with Crippen molar-refractivity contribution in [3.05, 3.63) is 0 Å². The average molecular weight is 568 g/mol. The Morgan fingerprint density at radius 3 is 0.206 bits per heavy atom. The molecule has 0 N–H and O–H groups in total. The molecule has 34 heavy (non-hydrogen) atoms. The van der Waals surface area contributed by atoms with E-state index in [1.54, 1.807) is 111 Å². The summed E-state index contributed by atoms with van der Waals surface area (Å²) in [4.78, 5) is 0. The van der Waals surface area contributed by atoms with Crippen LogP contribution in [-0.4, -0.2) is 48.8 Å². The number of hydrogen-bond donors (Lipinski definition) is 0. The third kappa shape index (κ3) is 27800. The van der Waals surface area contributed by atoms with E-state index in [9.17, 15) is 40.9 Å². The summed E-state index contributed by atoms with van der Waals surface area (Å²) in [6.45, 7) is 25.8. The molecule has 0 saturated carbocycles. The van der Waals surface area contributed by atoms with Crippen LogP contribution in [-0.2, 0) is 43.4 Å². The molecule has 0 aliphatic rings. The summed E-state index contributed by atoms with van der Waals surface area (Å²) in [7, 11) is 0. The number of rotatable bonds is 0. The van der Waals surface area contributed by atoms with Crippen LogP contribution in [0.1, 0.15) is 111 Å². The molecule has 208 valence electrons. The van der Waals surface area contributed by atoms with Gasteiger partial charge in [-0.2, -0.15) is 0 Å². The van der Waals surface area contributed by atoms with Crippen molar-refractivity contribution in [2.45, 2.75) is 160 Å². The second kappa shape index (κ2) is 59.3. The van der Waals surface area contributed by atoms with E-state index in [0.29, 0.717) is 0 Å². The van der Waals surface area contributed by atoms with Gasteiger partial charge in [0.2, 0.25) is 0 Å². The van der Waals surface area contributed by atoms with Gasteiger partial charge in [0.25, 0.3) is 0 Å². The normalized spacial score (nSPS) is 8.47. The summed E-state index contributed by atoms with van der Waals surface area (Å²) >= 11 is 0. The van der Waals surface area contributed by atoms with Gasteiger partial charge >= 0.3 is 43.4 Å². The molecule has 0 radical (unpaired) electrons. The Hall–Kier alpha value is 1.11. The van der Waals surface area contributed by atoms with Crippen LogP contribution in [0.4, 0.5) is 0 Å². The van der Waals surface area contributed by atoms with Gasteiger partial charge in [-0.15, -0.1) is 48.8 Å². The molecule has 8 nitrogen and oxygen atoms in total. The van der Waals surface area contributed by atoms with E-state index in [0.717, 1.165) is 0 Å². The van der Waals surface area contributed by atoms with Crippen molar-refractivity contribution in [3.63, 3.8) is 0 Å². The van der Waals surface area contributed by atoms with Crippen LogP contribution in [0.2, 0.25) is 0 Å². The summed E-state index contributed by atoms with van der Waals surface area (Å²) in [5.41, 5.74) is 0. The van der Waals surface area contributed by atoms with Gasteiger partial charge in [-0.05, 0) is 0 Å². The molecular formula is C24H56O8Ti2. The van der Waals surface area contributed by atoms with Crippen LogP contribution >= 0.6 is 0 Å². The molecule has 0 heterocycles. The molecular weight excluding hydrogens is 512 g/mol. The van der Waals surface area contributed by atoms with E-state index in [1.807, 2.05) is 0 Å². The quantitative estimate of drug-likeness (QED) is 0.302. The van der Waals surface area contributed by atoms with Gasteiger partial charge in [0, 0.05) is 0 Å². The minimum atomic E-state index is -0.417. The van der Waals surface area contributed by atoms with Gasteiger partial charge in [-0.3, -0.25) is 0 Å². The molecule has 0 fully saturated rings. The summed E-state index contributed by atoms with van der Waals surface area (Å²) in [6.07, 6.45) is -3.33. The van der Waals surface area contributed by atoms with Crippen molar-refractivity contribution in [1.82, 2.24) is 0 Å². The molecule has 0 aliphatic carbocycles. The Bertz CT molecular complexity index is 147. The number of hydrogen-bond acceptors (Lipinski definition) is 8. The van der Waals surface area contributed by atoms with E-state index in [-0.39, 0.29) is 43.4 Å². The van der Waals surface area contributed by atoms with E-state index >= 15 is 0 Å². The topological polar surface area (TPSA) is 184 Å². The van der Waals surface area contributed by atoms with Crippen molar-refractivity contribution < 1.29 is 84.3 Å². The Morgan fingerprint density at radius 2 is 0.206 bits per heavy atom. The summed E-state index contributed by atoms with van der Waals surface area (Å²) in [6, 6.07) is 0. The van der Waals surface area contributed by atoms with Crippen molar-refractivity contribution >= 4 is 0 Å². The minimum absolute atomic E-state index is 0. The zero-order valence-electron chi connectivity index (χ0n) is 24.9. The van der Waals surface area contributed by atoms with E-state index in [1.165, 1.54) is 0 Å². The molecule has 0 aliphatic heterocycles. The Balaban J connectivity index is -0.0000000240. The molecule has 0 aromatic rings. The van der Waals surface area contributed by atoms with Crippen LogP contribution in [0.3, 0.4) is 0 Å². The maximum absolute atomic E-state index is 9.53. The van der Waals surface area contributed by atoms with Gasteiger partial charge in [0.1, 0.15) is 0 Å². The second-order valence-corrected chi connectivity index (χ2v) is 8.39. The molecule has 0 saturated heterocycles. The third-order valence-electron chi connectivity index (χ3n) is 0. The summed E-state index contributed by atoms with van der Waals surface area (Å²) in [5, 5.41) is 76.2. The van der Waals surface area contributed by atoms with Crippen LogP contribution in [0.5, 0.6) is 0 Å². The van der Waals surface area contributed by atoms with Gasteiger partial charge in [0.05, 0.1) is 0 Å². The monoisotopic (exact) mass is 568 g/mol. The fraction of sp³-hybridized carbons (Fsp3) is 1.00. The SMILES string of the molecule is CC(C)[O-].CC(C)[O-].CC(C)[O-].CC(C)[O-].CC(C)[O-].CC(C)[O-].CC(C)[O-].CC(C)[O-].[Ti+4].[Ti+4]. The smallest absolute Gasteiger partial charge is 0.852 e. The molecule has 0 spiro atoms. The Labute approximate surface area is 243 Å². The minimum Gasteiger partial charge on any atom is -0.852 e. The van der Waals surface area contributed by atoms with Crippen LogP contribution in [0.25, 0.3) is 0 Å². The summed E-state index contributed by atoms with van der Waals surface area (Å²) in [5.74, 6) is 0. The van der Waals surface area contributed by atoms with Crippen molar-refractivity contribution in [2.75, 3.05) is 0 Å². The van der Waals surface area contributed by atoms with Gasteiger partial charge < -0.3 is 40.9 Å². The fourth-order valence-corrected chi connectivity index (χ4v) is 0. The van der Waals surface area contributed by atoms with Crippen LogP contribution in [0.15, 0.2) is 0 Å². The molecule has 0 amide bonds. The van der Waals surface area contributed by atoms with Gasteiger partial charge in [-0.25, -0.2) is 0 Å². The van der Waals surface area contributed by atoms with Crippen LogP contribution in [0, 0.1) is 0 Å². The first-order valence-corrected chi connectivity index (χ1v) is 11.1. The first-order chi connectivity index (χ1) is 13.9. The fourth-order valence-electron chi connectivity index (χ4n) is 0. The standard InChI is InChI=1S/8C3H7O.2Ti/c8*1-3(2)4;;/h8*3H,1-2H3;;/q8*-1;2*+4. The van der Waals surface area contributed by atoms with Gasteiger partial charge in [-0.1, -0.05) is 111 Å². The largest absolute Gasteiger partial charge is 4.00 e. The maximum Gasteiger partial charge on any atom is 4.00 e. The van der Waals surface area contributed by atoms with E-state index in [2.05, 4.69) is 0 Å². The van der Waals surface area contributed by atoms with Gasteiger partial charge in [0.15, 0.2) is 0 Å². The molecule has 10 heteroatoms. The first kappa shape index (κ1) is 64.8. The molecule has 0 unspecified atom stereocenters. The van der Waals surface area contributed by atoms with E-state index in [4.69, 9.17) is 0 Å². The van der Waals surface area contributed by atoms with Crippen molar-refractivity contribution in [3.8, 4) is 0 Å². The molecule has 0 atom stereocenters. The van der Waals surface area contributed by atoms with E-state index < -0.39 is 48.8 Å². The summed E-state index contributed by atoms with van der Waals surface area (Å²) < 4.78 is 0. The molecule has 0 rings (SSSR count). The third-order valence-corrected chi connectivity index (χ3v) is 0. The predicted molar refractivity (Wildman–Crippen MR) is 121 cm³/mol. The van der Waals surface area contributed by atoms with Crippen molar-refractivity contribution in [1.29, 1.82) is 0 Å². The Morgan fingerprint density at radius 1 is 0.206 bits per heavy atom. The molecule has 0 bridgehead atoms.